The summed E-state index contributed by atoms with van der Waals surface area (Å²) in [5.74, 6) is 0.723. The van der Waals surface area contributed by atoms with E-state index in [4.69, 9.17) is 0 Å². The third kappa shape index (κ3) is 5.39. The van der Waals surface area contributed by atoms with E-state index in [0.717, 1.165) is 0 Å². The van der Waals surface area contributed by atoms with Gasteiger partial charge in [0.2, 0.25) is 5.91 Å². The van der Waals surface area contributed by atoms with E-state index < -0.39 is 10.0 Å². The molecule has 108 valence electrons. The topological polar surface area (TPSA) is 104 Å². The van der Waals surface area contributed by atoms with Gasteiger partial charge in [0.15, 0.2) is 5.03 Å². The van der Waals surface area contributed by atoms with E-state index in [0.29, 0.717) is 18.3 Å². The van der Waals surface area contributed by atoms with Crippen molar-refractivity contribution < 1.29 is 13.2 Å². The van der Waals surface area contributed by atoms with Crippen molar-refractivity contribution in [3.63, 3.8) is 0 Å². The van der Waals surface area contributed by atoms with E-state index in [9.17, 15) is 13.2 Å². The van der Waals surface area contributed by atoms with Crippen LogP contribution in [0.4, 0.5) is 0 Å². The number of carbonyl (C=O) groups excluding carboxylic acids is 1. The van der Waals surface area contributed by atoms with E-state index >= 15 is 0 Å². The van der Waals surface area contributed by atoms with E-state index in [1.54, 1.807) is 6.92 Å². The summed E-state index contributed by atoms with van der Waals surface area (Å²) in [6.45, 7) is 6.29. The van der Waals surface area contributed by atoms with Crippen molar-refractivity contribution in [1.82, 2.24) is 20.0 Å². The fourth-order valence-electron chi connectivity index (χ4n) is 1.32. The van der Waals surface area contributed by atoms with Gasteiger partial charge in [-0.05, 0) is 12.8 Å². The highest BCUT2D eigenvalue weighted by Crippen LogP contribution is 2.04. The van der Waals surface area contributed by atoms with E-state index in [1.165, 1.54) is 6.20 Å². The number of hydrogen-bond donors (Lipinski definition) is 3. The zero-order chi connectivity index (χ0) is 14.5. The van der Waals surface area contributed by atoms with E-state index in [-0.39, 0.29) is 23.9 Å². The van der Waals surface area contributed by atoms with Crippen LogP contribution in [0.15, 0.2) is 11.2 Å². The third-order valence-electron chi connectivity index (χ3n) is 2.32. The van der Waals surface area contributed by atoms with Crippen LogP contribution in [-0.4, -0.2) is 37.4 Å². The second kappa shape index (κ2) is 6.67. The van der Waals surface area contributed by atoms with Gasteiger partial charge in [0.1, 0.15) is 5.82 Å². The second-order valence-corrected chi connectivity index (χ2v) is 6.41. The predicted octanol–water partition coefficient (Wildman–Crippen LogP) is 0.159. The molecule has 19 heavy (non-hydrogen) atoms. The predicted molar refractivity (Wildman–Crippen MR) is 71.0 cm³/mol. The molecule has 0 saturated carbocycles. The zero-order valence-electron chi connectivity index (χ0n) is 11.4. The van der Waals surface area contributed by atoms with Gasteiger partial charge >= 0.3 is 0 Å². The van der Waals surface area contributed by atoms with Gasteiger partial charge in [-0.15, -0.1) is 0 Å². The number of hydrogen-bond acceptors (Lipinski definition) is 4. The molecule has 0 bridgehead atoms. The largest absolute Gasteiger partial charge is 0.356 e. The Hall–Kier alpha value is -1.41. The molecule has 0 saturated heterocycles. The van der Waals surface area contributed by atoms with Gasteiger partial charge < -0.3 is 10.3 Å². The average Bonchev–Trinajstić information content (AvgIpc) is 2.74. The lowest BCUT2D eigenvalue weighted by molar-refractivity contribution is -0.121. The Balaban J connectivity index is 2.38. The number of carbonyl (C=O) groups is 1. The molecule has 0 aliphatic carbocycles. The molecule has 0 unspecified atom stereocenters. The molecule has 0 radical (unpaired) electrons. The molecule has 0 aliphatic rings. The number of nitrogens with one attached hydrogen (secondary N) is 3. The van der Waals surface area contributed by atoms with Gasteiger partial charge in [-0.3, -0.25) is 4.79 Å². The van der Waals surface area contributed by atoms with Crippen LogP contribution in [0.5, 0.6) is 0 Å². The first kappa shape index (κ1) is 15.6. The third-order valence-corrected chi connectivity index (χ3v) is 3.69. The lowest BCUT2D eigenvalue weighted by Crippen LogP contribution is -2.32. The molecule has 0 spiro atoms. The minimum atomic E-state index is -3.61. The van der Waals surface area contributed by atoms with Gasteiger partial charge in [0.05, 0.1) is 6.20 Å². The minimum Gasteiger partial charge on any atom is -0.356 e. The summed E-state index contributed by atoms with van der Waals surface area (Å²) in [6, 6.07) is 0. The Morgan fingerprint density at radius 2 is 2.16 bits per heavy atom. The monoisotopic (exact) mass is 288 g/mol. The number of H-pyrrole nitrogens is 1. The number of aromatic amines is 1. The number of rotatable bonds is 7. The Labute approximate surface area is 113 Å². The first-order valence-corrected chi connectivity index (χ1v) is 7.57. The van der Waals surface area contributed by atoms with Crippen molar-refractivity contribution in [2.24, 2.45) is 5.92 Å². The molecule has 0 fully saturated rings. The number of imidazole rings is 1. The zero-order valence-corrected chi connectivity index (χ0v) is 12.2. The molecule has 1 rings (SSSR count). The number of amides is 1. The van der Waals surface area contributed by atoms with Crippen molar-refractivity contribution in [3.8, 4) is 0 Å². The van der Waals surface area contributed by atoms with Crippen molar-refractivity contribution in [2.75, 3.05) is 13.1 Å². The van der Waals surface area contributed by atoms with E-state index in [2.05, 4.69) is 20.0 Å². The van der Waals surface area contributed by atoms with Crippen LogP contribution in [0.1, 0.15) is 26.1 Å². The van der Waals surface area contributed by atoms with E-state index in [1.807, 2.05) is 13.8 Å². The first-order valence-electron chi connectivity index (χ1n) is 6.09. The number of nitrogens with zero attached hydrogens (tertiary/aromatic N) is 1. The van der Waals surface area contributed by atoms with Crippen LogP contribution < -0.4 is 10.0 Å². The summed E-state index contributed by atoms with van der Waals surface area (Å²) in [5, 5.41) is 2.73. The molecule has 1 aromatic heterocycles. The minimum absolute atomic E-state index is 0.00703. The van der Waals surface area contributed by atoms with Gasteiger partial charge in [-0.1, -0.05) is 13.8 Å². The fourth-order valence-corrected chi connectivity index (χ4v) is 2.32. The normalized spacial score (nSPS) is 11.8. The molecule has 7 nitrogen and oxygen atoms in total. The molecule has 1 heterocycles. The summed E-state index contributed by atoms with van der Waals surface area (Å²) < 4.78 is 25.9. The maximum atomic E-state index is 11.8. The van der Waals surface area contributed by atoms with Crippen molar-refractivity contribution in [2.45, 2.75) is 32.2 Å². The van der Waals surface area contributed by atoms with Crippen LogP contribution in [0, 0.1) is 12.8 Å². The second-order valence-electron chi connectivity index (χ2n) is 4.68. The van der Waals surface area contributed by atoms with Crippen LogP contribution in [0.2, 0.25) is 0 Å². The smallest absolute Gasteiger partial charge is 0.257 e. The lowest BCUT2D eigenvalue weighted by atomic mass is 10.2. The quantitative estimate of drug-likeness (QED) is 0.664. The van der Waals surface area contributed by atoms with Gasteiger partial charge in [0.25, 0.3) is 10.0 Å². The van der Waals surface area contributed by atoms with Crippen LogP contribution in [-0.2, 0) is 14.8 Å². The average molecular weight is 288 g/mol. The van der Waals surface area contributed by atoms with Crippen molar-refractivity contribution in [3.05, 3.63) is 12.0 Å². The van der Waals surface area contributed by atoms with Crippen LogP contribution in [0.25, 0.3) is 0 Å². The Morgan fingerprint density at radius 3 is 2.68 bits per heavy atom. The van der Waals surface area contributed by atoms with Gasteiger partial charge in [-0.2, -0.15) is 0 Å². The summed E-state index contributed by atoms with van der Waals surface area (Å²) in [4.78, 5) is 17.9. The molecule has 1 aromatic rings. The Bertz CT molecular complexity index is 522. The summed E-state index contributed by atoms with van der Waals surface area (Å²) in [6.07, 6.45) is 1.36. The maximum absolute atomic E-state index is 11.8. The molecule has 8 heteroatoms. The molecule has 0 atom stereocenters. The molecule has 0 aliphatic heterocycles. The highest BCUT2D eigenvalue weighted by molar-refractivity contribution is 7.89. The number of aryl methyl sites for hydroxylation is 1. The van der Waals surface area contributed by atoms with Gasteiger partial charge in [-0.25, -0.2) is 18.1 Å². The number of aromatic nitrogens is 2. The molecular weight excluding hydrogens is 268 g/mol. The Kier molecular flexibility index (Phi) is 5.49. The molecule has 0 aromatic carbocycles. The van der Waals surface area contributed by atoms with Crippen LogP contribution >= 0.6 is 0 Å². The first-order chi connectivity index (χ1) is 8.81. The maximum Gasteiger partial charge on any atom is 0.257 e. The van der Waals surface area contributed by atoms with Crippen molar-refractivity contribution >= 4 is 15.9 Å². The van der Waals surface area contributed by atoms with Crippen LogP contribution in [0.3, 0.4) is 0 Å². The molecular formula is C11H20N4O3S. The highest BCUT2D eigenvalue weighted by atomic mass is 32.2. The molecule has 1 amide bonds. The molecule has 3 N–H and O–H groups in total. The summed E-state index contributed by atoms with van der Waals surface area (Å²) in [7, 11) is -3.61. The number of sulfonamides is 1. The highest BCUT2D eigenvalue weighted by Gasteiger charge is 2.16. The fraction of sp³-hybridized carbons (Fsp3) is 0.636. The SMILES string of the molecule is Cc1ncc(S(=O)(=O)NCCC(=O)NCC(C)C)[nH]1. The van der Waals surface area contributed by atoms with Crippen molar-refractivity contribution in [1.29, 1.82) is 0 Å². The summed E-state index contributed by atoms with van der Waals surface area (Å²) >= 11 is 0. The lowest BCUT2D eigenvalue weighted by Gasteiger charge is -2.08. The Morgan fingerprint density at radius 1 is 1.47 bits per heavy atom. The van der Waals surface area contributed by atoms with Gasteiger partial charge in [0, 0.05) is 19.5 Å². The standard InChI is InChI=1S/C11H20N4O3S/c1-8(2)6-13-10(16)4-5-14-19(17,18)11-7-12-9(3)15-11/h7-8,14H,4-6H2,1-3H3,(H,12,15)(H,13,16). The summed E-state index contributed by atoms with van der Waals surface area (Å²) in [5.41, 5.74) is 0.